The molecule has 8 aromatic carbocycles. The van der Waals surface area contributed by atoms with Crippen LogP contribution in [0.25, 0.3) is 117 Å². The summed E-state index contributed by atoms with van der Waals surface area (Å²) in [6.45, 7) is 0. The molecule has 0 saturated carbocycles. The lowest BCUT2D eigenvalue weighted by atomic mass is 10.0. The third-order valence-corrected chi connectivity index (χ3v) is 11.1. The Labute approximate surface area is 325 Å². The summed E-state index contributed by atoms with van der Waals surface area (Å²) >= 11 is 0. The van der Waals surface area contributed by atoms with Crippen molar-refractivity contribution in [3.05, 3.63) is 182 Å². The molecule has 0 aliphatic carbocycles. The molecule has 0 atom stereocenters. The number of rotatable bonds is 5. The molecule has 0 spiro atoms. The second kappa shape index (κ2) is 12.3. The fourth-order valence-electron chi connectivity index (χ4n) is 8.47. The van der Waals surface area contributed by atoms with Gasteiger partial charge in [0.2, 0.25) is 0 Å². The number of hydrogen-bond donors (Lipinski definition) is 0. The molecular formula is C51H30N4O2. The average molecular weight is 731 g/mol. The molecule has 4 aromatic heterocycles. The third-order valence-electron chi connectivity index (χ3n) is 11.1. The Hall–Kier alpha value is -7.83. The monoisotopic (exact) mass is 730 g/mol. The van der Waals surface area contributed by atoms with Crippen LogP contribution >= 0.6 is 0 Å². The molecule has 0 amide bonds. The number of nitrogens with zero attached hydrogens (tertiary/aromatic N) is 4. The van der Waals surface area contributed by atoms with Crippen molar-refractivity contribution in [2.24, 2.45) is 0 Å². The van der Waals surface area contributed by atoms with Crippen molar-refractivity contribution >= 4 is 65.7 Å². The zero-order valence-corrected chi connectivity index (χ0v) is 30.4. The summed E-state index contributed by atoms with van der Waals surface area (Å²) in [5.41, 5.74) is 11.2. The van der Waals surface area contributed by atoms with Crippen LogP contribution in [0.5, 0.6) is 0 Å². The van der Waals surface area contributed by atoms with Crippen LogP contribution in [0.15, 0.2) is 191 Å². The summed E-state index contributed by atoms with van der Waals surface area (Å²) < 4.78 is 15.5. The van der Waals surface area contributed by atoms with E-state index in [1.807, 2.05) is 42.5 Å². The van der Waals surface area contributed by atoms with E-state index in [4.69, 9.17) is 23.8 Å². The molecular weight excluding hydrogens is 701 g/mol. The highest BCUT2D eigenvalue weighted by Gasteiger charge is 2.22. The topological polar surface area (TPSA) is 69.9 Å². The van der Waals surface area contributed by atoms with E-state index >= 15 is 0 Å². The van der Waals surface area contributed by atoms with E-state index in [0.717, 1.165) is 88.4 Å². The van der Waals surface area contributed by atoms with Gasteiger partial charge in [-0.15, -0.1) is 0 Å². The third kappa shape index (κ3) is 4.94. The Bertz CT molecular complexity index is 3490. The van der Waals surface area contributed by atoms with E-state index in [2.05, 4.69) is 144 Å². The Balaban J connectivity index is 1.09. The Morgan fingerprint density at radius 1 is 0.351 bits per heavy atom. The highest BCUT2D eigenvalue weighted by atomic mass is 16.3. The second-order valence-electron chi connectivity index (χ2n) is 14.4. The molecule has 0 N–H and O–H groups in total. The predicted molar refractivity (Wildman–Crippen MR) is 230 cm³/mol. The van der Waals surface area contributed by atoms with Gasteiger partial charge in [-0.3, -0.25) is 0 Å². The fraction of sp³-hybridized carbons (Fsp3) is 0. The molecule has 57 heavy (non-hydrogen) atoms. The lowest BCUT2D eigenvalue weighted by Gasteiger charge is -2.10. The molecule has 0 bridgehead atoms. The maximum Gasteiger partial charge on any atom is 0.164 e. The predicted octanol–water partition coefficient (Wildman–Crippen LogP) is 13.4. The Morgan fingerprint density at radius 2 is 0.930 bits per heavy atom. The zero-order valence-electron chi connectivity index (χ0n) is 30.4. The Kier molecular flexibility index (Phi) is 6.83. The molecule has 0 unspecified atom stereocenters. The van der Waals surface area contributed by atoms with E-state index in [-0.39, 0.29) is 0 Å². The van der Waals surface area contributed by atoms with Crippen LogP contribution < -0.4 is 0 Å². The van der Waals surface area contributed by atoms with E-state index in [1.165, 1.54) is 10.8 Å². The average Bonchev–Trinajstić information content (AvgIpc) is 3.96. The SMILES string of the molecule is c1ccc(-c2cccc(-c3nc(-c4ccc5c(c4)oc4ccccc45)nc(-c4cccc5oc6c(-n7c8ccccc8c8ccccc87)cccc6c45)n3)c2)cc1. The van der Waals surface area contributed by atoms with Crippen LogP contribution in [0.1, 0.15) is 0 Å². The van der Waals surface area contributed by atoms with Gasteiger partial charge in [0, 0.05) is 49.0 Å². The lowest BCUT2D eigenvalue weighted by Crippen LogP contribution is -2.00. The number of fused-ring (bicyclic) bond motifs is 9. The minimum atomic E-state index is 0.554. The van der Waals surface area contributed by atoms with Crippen molar-refractivity contribution in [3.8, 4) is 51.0 Å². The van der Waals surface area contributed by atoms with Crippen LogP contribution in [0.4, 0.5) is 0 Å². The summed E-state index contributed by atoms with van der Waals surface area (Å²) in [5, 5.41) is 6.46. The molecule has 0 aliphatic heterocycles. The molecule has 12 aromatic rings. The van der Waals surface area contributed by atoms with Gasteiger partial charge < -0.3 is 13.4 Å². The van der Waals surface area contributed by atoms with Crippen molar-refractivity contribution in [3.63, 3.8) is 0 Å². The number of aromatic nitrogens is 4. The van der Waals surface area contributed by atoms with Crippen LogP contribution in [0, 0.1) is 0 Å². The first kappa shape index (κ1) is 31.5. The number of furan rings is 2. The van der Waals surface area contributed by atoms with Crippen molar-refractivity contribution < 1.29 is 8.83 Å². The van der Waals surface area contributed by atoms with Gasteiger partial charge in [-0.2, -0.15) is 0 Å². The second-order valence-corrected chi connectivity index (χ2v) is 14.4. The van der Waals surface area contributed by atoms with Gasteiger partial charge in [-0.1, -0.05) is 133 Å². The summed E-state index contributed by atoms with van der Waals surface area (Å²) in [6, 6.07) is 62.6. The van der Waals surface area contributed by atoms with Gasteiger partial charge in [0.05, 0.1) is 16.7 Å². The van der Waals surface area contributed by atoms with Crippen molar-refractivity contribution in [1.82, 2.24) is 19.5 Å². The number of para-hydroxylation sites is 4. The molecule has 0 radical (unpaired) electrons. The number of benzene rings is 8. The molecule has 6 heteroatoms. The summed E-state index contributed by atoms with van der Waals surface area (Å²) in [6.07, 6.45) is 0. The first-order valence-corrected chi connectivity index (χ1v) is 19.0. The van der Waals surface area contributed by atoms with Crippen molar-refractivity contribution in [1.29, 1.82) is 0 Å². The largest absolute Gasteiger partial charge is 0.456 e. The quantitative estimate of drug-likeness (QED) is 0.176. The molecule has 0 aliphatic rings. The van der Waals surface area contributed by atoms with E-state index in [9.17, 15) is 0 Å². The summed E-state index contributed by atoms with van der Waals surface area (Å²) in [7, 11) is 0. The first-order chi connectivity index (χ1) is 28.2. The molecule has 0 fully saturated rings. The van der Waals surface area contributed by atoms with E-state index in [0.29, 0.717) is 17.5 Å². The van der Waals surface area contributed by atoms with Crippen molar-refractivity contribution in [2.75, 3.05) is 0 Å². The van der Waals surface area contributed by atoms with Gasteiger partial charge >= 0.3 is 0 Å². The smallest absolute Gasteiger partial charge is 0.164 e. The highest BCUT2D eigenvalue weighted by molar-refractivity contribution is 6.16. The maximum atomic E-state index is 6.83. The summed E-state index contributed by atoms with van der Waals surface area (Å²) in [5.74, 6) is 1.69. The minimum Gasteiger partial charge on any atom is -0.456 e. The van der Waals surface area contributed by atoms with E-state index in [1.54, 1.807) is 0 Å². The molecule has 266 valence electrons. The van der Waals surface area contributed by atoms with Crippen LogP contribution in [-0.4, -0.2) is 19.5 Å². The van der Waals surface area contributed by atoms with Gasteiger partial charge in [-0.25, -0.2) is 15.0 Å². The Morgan fingerprint density at radius 3 is 1.74 bits per heavy atom. The maximum absolute atomic E-state index is 6.83. The zero-order chi connectivity index (χ0) is 37.5. The minimum absolute atomic E-state index is 0.554. The van der Waals surface area contributed by atoms with Crippen molar-refractivity contribution in [2.45, 2.75) is 0 Å². The summed E-state index contributed by atoms with van der Waals surface area (Å²) in [4.78, 5) is 15.6. The fourth-order valence-corrected chi connectivity index (χ4v) is 8.47. The lowest BCUT2D eigenvalue weighted by molar-refractivity contribution is 0.666. The van der Waals surface area contributed by atoms with Crippen LogP contribution in [-0.2, 0) is 0 Å². The standard InChI is InChI=1S/C51H30N4O2/c1-2-13-31(14-3-1)32-15-10-16-33(29-32)49-52-50(34-27-28-38-37-19-6-9-25-44(37)56-46(38)30-34)54-51(53-49)40-21-12-26-45-47(40)39-20-11-24-43(48(39)57-45)55-41-22-7-4-17-35(41)36-18-5-8-23-42(36)55/h1-30H. The van der Waals surface area contributed by atoms with Gasteiger partial charge in [0.25, 0.3) is 0 Å². The molecule has 6 nitrogen and oxygen atoms in total. The highest BCUT2D eigenvalue weighted by Crippen LogP contribution is 2.41. The normalized spacial score (nSPS) is 11.9. The van der Waals surface area contributed by atoms with Gasteiger partial charge in [0.15, 0.2) is 23.1 Å². The van der Waals surface area contributed by atoms with Crippen LogP contribution in [0.3, 0.4) is 0 Å². The first-order valence-electron chi connectivity index (χ1n) is 19.0. The van der Waals surface area contributed by atoms with Gasteiger partial charge in [0.1, 0.15) is 16.7 Å². The molecule has 4 heterocycles. The van der Waals surface area contributed by atoms with E-state index < -0.39 is 0 Å². The molecule has 0 saturated heterocycles. The van der Waals surface area contributed by atoms with Crippen LogP contribution in [0.2, 0.25) is 0 Å². The molecule has 12 rings (SSSR count). The number of hydrogen-bond acceptors (Lipinski definition) is 5. The van der Waals surface area contributed by atoms with Gasteiger partial charge in [-0.05, 0) is 59.7 Å².